The first-order valence-electron chi connectivity index (χ1n) is 7.94. The molecule has 0 aliphatic rings. The molecule has 1 amide bonds. The molecule has 0 radical (unpaired) electrons. The van der Waals surface area contributed by atoms with Gasteiger partial charge >= 0.3 is 6.61 Å². The number of nitriles is 1. The SMILES string of the molecule is C[C@@H](C(=O)Nc1ccc(C#N)cc1)N(C)Cc1ccc(OC(F)F)cc1. The maximum Gasteiger partial charge on any atom is 0.387 e. The topological polar surface area (TPSA) is 65.4 Å². The van der Waals surface area contributed by atoms with E-state index in [-0.39, 0.29) is 11.7 Å². The van der Waals surface area contributed by atoms with Crippen LogP contribution < -0.4 is 10.1 Å². The van der Waals surface area contributed by atoms with E-state index in [2.05, 4.69) is 10.1 Å². The summed E-state index contributed by atoms with van der Waals surface area (Å²) in [6.07, 6.45) is 0. The van der Waals surface area contributed by atoms with Crippen LogP contribution in [0, 0.1) is 11.3 Å². The summed E-state index contributed by atoms with van der Waals surface area (Å²) in [6.45, 7) is -0.612. The largest absolute Gasteiger partial charge is 0.435 e. The summed E-state index contributed by atoms with van der Waals surface area (Å²) in [5, 5.41) is 11.6. The van der Waals surface area contributed by atoms with Gasteiger partial charge in [-0.05, 0) is 55.9 Å². The Balaban J connectivity index is 1.92. The minimum Gasteiger partial charge on any atom is -0.435 e. The predicted octanol–water partition coefficient (Wildman–Crippen LogP) is 3.62. The van der Waals surface area contributed by atoms with E-state index in [0.29, 0.717) is 17.8 Å². The van der Waals surface area contributed by atoms with Crippen molar-refractivity contribution in [3.8, 4) is 11.8 Å². The van der Waals surface area contributed by atoms with Gasteiger partial charge in [-0.1, -0.05) is 12.1 Å². The van der Waals surface area contributed by atoms with Gasteiger partial charge in [0, 0.05) is 12.2 Å². The molecular weight excluding hydrogens is 340 g/mol. The second-order valence-electron chi connectivity index (χ2n) is 5.79. The molecule has 1 N–H and O–H groups in total. The summed E-state index contributed by atoms with van der Waals surface area (Å²) in [7, 11) is 1.80. The lowest BCUT2D eigenvalue weighted by Gasteiger charge is -2.24. The number of anilines is 1. The molecule has 0 saturated heterocycles. The minimum atomic E-state index is -2.85. The molecule has 26 heavy (non-hydrogen) atoms. The third kappa shape index (κ3) is 5.53. The van der Waals surface area contributed by atoms with Crippen LogP contribution in [-0.2, 0) is 11.3 Å². The number of amides is 1. The zero-order chi connectivity index (χ0) is 19.1. The fraction of sp³-hybridized carbons (Fsp3) is 0.263. The predicted molar refractivity (Wildman–Crippen MR) is 93.8 cm³/mol. The highest BCUT2D eigenvalue weighted by atomic mass is 19.3. The van der Waals surface area contributed by atoms with Crippen molar-refractivity contribution in [3.63, 3.8) is 0 Å². The van der Waals surface area contributed by atoms with Crippen LogP contribution >= 0.6 is 0 Å². The molecule has 2 aromatic carbocycles. The molecular formula is C19H19F2N3O2. The zero-order valence-corrected chi connectivity index (χ0v) is 14.4. The normalized spacial score (nSPS) is 11.9. The molecule has 0 fully saturated rings. The lowest BCUT2D eigenvalue weighted by Crippen LogP contribution is -2.39. The van der Waals surface area contributed by atoms with Crippen LogP contribution in [0.15, 0.2) is 48.5 Å². The van der Waals surface area contributed by atoms with Crippen molar-refractivity contribution >= 4 is 11.6 Å². The Hall–Kier alpha value is -2.98. The average Bonchev–Trinajstić information content (AvgIpc) is 2.62. The van der Waals surface area contributed by atoms with Crippen molar-refractivity contribution in [3.05, 3.63) is 59.7 Å². The van der Waals surface area contributed by atoms with E-state index in [1.54, 1.807) is 50.4 Å². The highest BCUT2D eigenvalue weighted by Gasteiger charge is 2.18. The molecule has 7 heteroatoms. The standard InChI is InChI=1S/C19H19F2N3O2/c1-13(18(25)23-16-7-3-14(11-22)4-8-16)24(2)12-15-5-9-17(10-6-15)26-19(20)21/h3-10,13,19H,12H2,1-2H3,(H,23,25)/t13-/m0/s1. The van der Waals surface area contributed by atoms with Crippen molar-refractivity contribution in [2.24, 2.45) is 0 Å². The zero-order valence-electron chi connectivity index (χ0n) is 14.4. The van der Waals surface area contributed by atoms with E-state index >= 15 is 0 Å². The Kier molecular flexibility index (Phi) is 6.64. The van der Waals surface area contributed by atoms with Crippen LogP contribution in [0.2, 0.25) is 0 Å². The van der Waals surface area contributed by atoms with Crippen LogP contribution in [0.25, 0.3) is 0 Å². The summed E-state index contributed by atoms with van der Waals surface area (Å²) < 4.78 is 28.6. The van der Waals surface area contributed by atoms with Crippen molar-refractivity contribution < 1.29 is 18.3 Å². The van der Waals surface area contributed by atoms with Gasteiger partial charge in [0.2, 0.25) is 5.91 Å². The number of carbonyl (C=O) groups is 1. The molecule has 0 aromatic heterocycles. The monoisotopic (exact) mass is 359 g/mol. The van der Waals surface area contributed by atoms with Gasteiger partial charge in [-0.3, -0.25) is 9.69 Å². The molecule has 2 aromatic rings. The van der Waals surface area contributed by atoms with Crippen molar-refractivity contribution in [2.75, 3.05) is 12.4 Å². The molecule has 0 saturated carbocycles. The molecule has 0 bridgehead atoms. The van der Waals surface area contributed by atoms with Gasteiger partial charge in [0.1, 0.15) is 5.75 Å². The van der Waals surface area contributed by atoms with Crippen molar-refractivity contribution in [2.45, 2.75) is 26.1 Å². The fourth-order valence-corrected chi connectivity index (χ4v) is 2.28. The van der Waals surface area contributed by atoms with Gasteiger partial charge < -0.3 is 10.1 Å². The quantitative estimate of drug-likeness (QED) is 0.820. The number of rotatable bonds is 7. The van der Waals surface area contributed by atoms with Crippen LogP contribution in [0.1, 0.15) is 18.1 Å². The molecule has 2 rings (SSSR count). The van der Waals surface area contributed by atoms with E-state index in [0.717, 1.165) is 5.56 Å². The molecule has 0 unspecified atom stereocenters. The van der Waals surface area contributed by atoms with Gasteiger partial charge in [-0.15, -0.1) is 0 Å². The number of nitrogens with zero attached hydrogens (tertiary/aromatic N) is 2. The molecule has 1 atom stereocenters. The minimum absolute atomic E-state index is 0.0954. The highest BCUT2D eigenvalue weighted by molar-refractivity contribution is 5.94. The number of halogens is 2. The first-order chi connectivity index (χ1) is 12.4. The van der Waals surface area contributed by atoms with E-state index in [4.69, 9.17) is 5.26 Å². The van der Waals surface area contributed by atoms with Crippen molar-refractivity contribution in [1.82, 2.24) is 4.90 Å². The smallest absolute Gasteiger partial charge is 0.387 e. The molecule has 0 aliphatic carbocycles. The molecule has 136 valence electrons. The van der Waals surface area contributed by atoms with Crippen LogP contribution in [0.4, 0.5) is 14.5 Å². The van der Waals surface area contributed by atoms with Gasteiger partial charge in [-0.2, -0.15) is 14.0 Å². The number of hydrogen-bond donors (Lipinski definition) is 1. The maximum atomic E-state index is 12.4. The Labute approximate surface area is 150 Å². The van der Waals surface area contributed by atoms with Crippen LogP contribution in [0.5, 0.6) is 5.75 Å². The number of benzene rings is 2. The van der Waals surface area contributed by atoms with E-state index in [1.165, 1.54) is 12.1 Å². The van der Waals surface area contributed by atoms with Gasteiger partial charge in [-0.25, -0.2) is 0 Å². The lowest BCUT2D eigenvalue weighted by molar-refractivity contribution is -0.120. The summed E-state index contributed by atoms with van der Waals surface area (Å²) in [5.41, 5.74) is 2.00. The first-order valence-corrected chi connectivity index (χ1v) is 7.94. The summed E-state index contributed by atoms with van der Waals surface area (Å²) in [5.74, 6) is -0.0899. The Morgan fingerprint density at radius 2 is 1.81 bits per heavy atom. The molecule has 5 nitrogen and oxygen atoms in total. The summed E-state index contributed by atoms with van der Waals surface area (Å²) >= 11 is 0. The number of likely N-dealkylation sites (N-methyl/N-ethyl adjacent to an activating group) is 1. The van der Waals surface area contributed by atoms with Crippen LogP contribution in [0.3, 0.4) is 0 Å². The summed E-state index contributed by atoms with van der Waals surface area (Å²) in [4.78, 5) is 14.2. The molecule has 0 heterocycles. The average molecular weight is 359 g/mol. The second kappa shape index (κ2) is 8.92. The highest BCUT2D eigenvalue weighted by Crippen LogP contribution is 2.17. The van der Waals surface area contributed by atoms with Crippen LogP contribution in [-0.4, -0.2) is 30.5 Å². The Morgan fingerprint density at radius 1 is 1.19 bits per heavy atom. The van der Waals surface area contributed by atoms with Gasteiger partial charge in [0.15, 0.2) is 0 Å². The molecule has 0 aliphatic heterocycles. The number of nitrogens with one attached hydrogen (secondary N) is 1. The Morgan fingerprint density at radius 3 is 2.35 bits per heavy atom. The molecule has 0 spiro atoms. The third-order valence-electron chi connectivity index (χ3n) is 3.90. The maximum absolute atomic E-state index is 12.4. The fourth-order valence-electron chi connectivity index (χ4n) is 2.28. The second-order valence-corrected chi connectivity index (χ2v) is 5.79. The van der Waals surface area contributed by atoms with Crippen molar-refractivity contribution in [1.29, 1.82) is 5.26 Å². The lowest BCUT2D eigenvalue weighted by atomic mass is 10.1. The number of alkyl halides is 2. The van der Waals surface area contributed by atoms with E-state index < -0.39 is 12.7 Å². The van der Waals surface area contributed by atoms with E-state index in [1.807, 2.05) is 11.0 Å². The van der Waals surface area contributed by atoms with Gasteiger partial charge in [0.25, 0.3) is 0 Å². The van der Waals surface area contributed by atoms with Gasteiger partial charge in [0.05, 0.1) is 17.7 Å². The first kappa shape index (κ1) is 19.3. The number of carbonyl (C=O) groups excluding carboxylic acids is 1. The number of hydrogen-bond acceptors (Lipinski definition) is 4. The Bertz CT molecular complexity index is 771. The summed E-state index contributed by atoms with van der Waals surface area (Å²) in [6, 6.07) is 14.5. The van der Waals surface area contributed by atoms with E-state index in [9.17, 15) is 13.6 Å². The third-order valence-corrected chi connectivity index (χ3v) is 3.90. The number of ether oxygens (including phenoxy) is 1.